The summed E-state index contributed by atoms with van der Waals surface area (Å²) in [5.41, 5.74) is 1.29. The Morgan fingerprint density at radius 3 is 2.54 bits per heavy atom. The number of amides is 1. The second-order valence-corrected chi connectivity index (χ2v) is 7.49. The van der Waals surface area contributed by atoms with Crippen LogP contribution in [-0.2, 0) is 4.79 Å². The molecular weight excluding hydrogens is 352 g/mol. The van der Waals surface area contributed by atoms with E-state index in [1.54, 1.807) is 7.11 Å². The molecule has 0 bridgehead atoms. The van der Waals surface area contributed by atoms with Gasteiger partial charge in [-0.05, 0) is 49.8 Å². The first-order chi connectivity index (χ1) is 13.6. The zero-order chi connectivity index (χ0) is 20.2. The van der Waals surface area contributed by atoms with Crippen molar-refractivity contribution < 1.29 is 9.53 Å². The lowest BCUT2D eigenvalue weighted by atomic mass is 9.95. The number of carbonyl (C=O) groups excluding carboxylic acids is 1. The number of rotatable bonds is 9. The molecule has 156 valence electrons. The molecule has 1 saturated carbocycles. The predicted molar refractivity (Wildman–Crippen MR) is 115 cm³/mol. The minimum atomic E-state index is 0.00991. The topological polar surface area (TPSA) is 74.8 Å². The van der Waals surface area contributed by atoms with Gasteiger partial charge >= 0.3 is 0 Å². The Morgan fingerprint density at radius 2 is 1.89 bits per heavy atom. The highest BCUT2D eigenvalue weighted by molar-refractivity contribution is 5.85. The first-order valence-corrected chi connectivity index (χ1v) is 10.6. The average Bonchev–Trinajstić information content (AvgIpc) is 2.72. The molecule has 2 rings (SSSR count). The number of hydrogen-bond donors (Lipinski definition) is 3. The van der Waals surface area contributed by atoms with Gasteiger partial charge in [0.2, 0.25) is 5.91 Å². The molecule has 1 aliphatic carbocycles. The molecule has 1 aliphatic rings. The van der Waals surface area contributed by atoms with Gasteiger partial charge in [-0.25, -0.2) is 4.99 Å². The molecule has 1 fully saturated rings. The van der Waals surface area contributed by atoms with E-state index in [0.29, 0.717) is 17.9 Å². The number of guanidine groups is 1. The average molecular weight is 389 g/mol. The first kappa shape index (κ1) is 22.1. The van der Waals surface area contributed by atoms with Crippen molar-refractivity contribution in [2.75, 3.05) is 26.7 Å². The Labute approximate surface area is 169 Å². The van der Waals surface area contributed by atoms with Crippen LogP contribution >= 0.6 is 0 Å². The lowest BCUT2D eigenvalue weighted by molar-refractivity contribution is -0.120. The number of hydrogen-bond acceptors (Lipinski definition) is 3. The van der Waals surface area contributed by atoms with E-state index >= 15 is 0 Å². The lowest BCUT2D eigenvalue weighted by Gasteiger charge is -2.22. The third-order valence-corrected chi connectivity index (χ3v) is 5.25. The Morgan fingerprint density at radius 1 is 1.18 bits per heavy atom. The van der Waals surface area contributed by atoms with E-state index in [1.807, 2.05) is 19.1 Å². The largest absolute Gasteiger partial charge is 0.497 e. The van der Waals surface area contributed by atoms with Gasteiger partial charge in [-0.2, -0.15) is 0 Å². The maximum atomic E-state index is 12.2. The highest BCUT2D eigenvalue weighted by atomic mass is 16.5. The zero-order valence-electron chi connectivity index (χ0n) is 17.6. The third-order valence-electron chi connectivity index (χ3n) is 5.25. The molecule has 1 aromatic rings. The van der Waals surface area contributed by atoms with Gasteiger partial charge in [0.1, 0.15) is 12.3 Å². The van der Waals surface area contributed by atoms with E-state index in [-0.39, 0.29) is 12.5 Å². The zero-order valence-corrected chi connectivity index (χ0v) is 17.6. The monoisotopic (exact) mass is 388 g/mol. The van der Waals surface area contributed by atoms with E-state index < -0.39 is 0 Å². The van der Waals surface area contributed by atoms with E-state index in [9.17, 15) is 4.79 Å². The molecule has 0 saturated heterocycles. The molecule has 0 radical (unpaired) electrons. The van der Waals surface area contributed by atoms with Crippen molar-refractivity contribution in [3.05, 3.63) is 29.8 Å². The summed E-state index contributed by atoms with van der Waals surface area (Å²) in [6.45, 7) is 5.97. The summed E-state index contributed by atoms with van der Waals surface area (Å²) in [5.74, 6) is 2.01. The quantitative estimate of drug-likeness (QED) is 0.449. The summed E-state index contributed by atoms with van der Waals surface area (Å²) < 4.78 is 5.21. The van der Waals surface area contributed by atoms with Gasteiger partial charge in [0, 0.05) is 19.1 Å². The van der Waals surface area contributed by atoms with Crippen molar-refractivity contribution in [2.45, 2.75) is 64.3 Å². The smallest absolute Gasteiger partial charge is 0.242 e. The number of aliphatic imine (C=N–C) groups is 1. The van der Waals surface area contributed by atoms with Gasteiger partial charge in [-0.1, -0.05) is 38.3 Å². The van der Waals surface area contributed by atoms with Crippen LogP contribution in [0.25, 0.3) is 0 Å². The van der Waals surface area contributed by atoms with Crippen molar-refractivity contribution in [2.24, 2.45) is 4.99 Å². The fourth-order valence-corrected chi connectivity index (χ4v) is 3.52. The number of nitrogens with one attached hydrogen (secondary N) is 3. The Bertz CT molecular complexity index is 609. The molecule has 3 N–H and O–H groups in total. The molecular formula is C22H36N4O2. The summed E-state index contributed by atoms with van der Waals surface area (Å²) in [4.78, 5) is 16.6. The van der Waals surface area contributed by atoms with Crippen molar-refractivity contribution in [3.8, 4) is 5.75 Å². The number of nitrogens with zero attached hydrogens (tertiary/aromatic N) is 1. The van der Waals surface area contributed by atoms with Gasteiger partial charge in [-0.3, -0.25) is 4.79 Å². The standard InChI is InChI=1S/C22H36N4O2/c1-4-23-22(25-16-21(27)26-19-8-6-5-7-9-19)24-15-14-17(2)18-10-12-20(28-3)13-11-18/h10-13,17,19H,4-9,14-16H2,1-3H3,(H,26,27)(H2,23,24,25). The maximum absolute atomic E-state index is 12.2. The van der Waals surface area contributed by atoms with Crippen molar-refractivity contribution in [1.29, 1.82) is 0 Å². The highest BCUT2D eigenvalue weighted by Crippen LogP contribution is 2.21. The fraction of sp³-hybridized carbons (Fsp3) is 0.636. The molecule has 6 heteroatoms. The molecule has 0 spiro atoms. The highest BCUT2D eigenvalue weighted by Gasteiger charge is 2.15. The molecule has 28 heavy (non-hydrogen) atoms. The second kappa shape index (κ2) is 12.3. The summed E-state index contributed by atoms with van der Waals surface area (Å²) in [5, 5.41) is 9.66. The van der Waals surface area contributed by atoms with Crippen LogP contribution in [0, 0.1) is 0 Å². The van der Waals surface area contributed by atoms with Crippen LogP contribution in [0.4, 0.5) is 0 Å². The Hall–Kier alpha value is -2.24. The van der Waals surface area contributed by atoms with Crippen LogP contribution in [0.15, 0.2) is 29.3 Å². The van der Waals surface area contributed by atoms with Crippen molar-refractivity contribution in [3.63, 3.8) is 0 Å². The van der Waals surface area contributed by atoms with Gasteiger partial charge in [-0.15, -0.1) is 0 Å². The van der Waals surface area contributed by atoms with E-state index in [1.165, 1.54) is 24.8 Å². The molecule has 1 unspecified atom stereocenters. The third kappa shape index (κ3) is 7.79. The molecule has 0 heterocycles. The molecule has 1 aromatic carbocycles. The van der Waals surface area contributed by atoms with Crippen molar-refractivity contribution >= 4 is 11.9 Å². The molecule has 1 amide bonds. The summed E-state index contributed by atoms with van der Waals surface area (Å²) in [6, 6.07) is 8.54. The Balaban J connectivity index is 1.75. The fourth-order valence-electron chi connectivity index (χ4n) is 3.52. The van der Waals surface area contributed by atoms with Gasteiger partial charge in [0.25, 0.3) is 0 Å². The molecule has 0 aromatic heterocycles. The van der Waals surface area contributed by atoms with Gasteiger partial charge in [0.05, 0.1) is 7.11 Å². The van der Waals surface area contributed by atoms with E-state index in [2.05, 4.69) is 40.0 Å². The van der Waals surface area contributed by atoms with E-state index in [4.69, 9.17) is 4.74 Å². The van der Waals surface area contributed by atoms with Crippen LogP contribution in [0.5, 0.6) is 5.75 Å². The van der Waals surface area contributed by atoms with E-state index in [0.717, 1.165) is 38.1 Å². The minimum Gasteiger partial charge on any atom is -0.497 e. The van der Waals surface area contributed by atoms with Crippen LogP contribution in [0.1, 0.15) is 63.9 Å². The normalized spacial score (nSPS) is 16.3. The number of methoxy groups -OCH3 is 1. The molecule has 0 aliphatic heterocycles. The first-order valence-electron chi connectivity index (χ1n) is 10.6. The predicted octanol–water partition coefficient (Wildman–Crippen LogP) is 3.19. The lowest BCUT2D eigenvalue weighted by Crippen LogP contribution is -2.41. The number of ether oxygens (including phenoxy) is 1. The second-order valence-electron chi connectivity index (χ2n) is 7.49. The summed E-state index contributed by atoms with van der Waals surface area (Å²) >= 11 is 0. The summed E-state index contributed by atoms with van der Waals surface area (Å²) in [7, 11) is 1.68. The van der Waals surface area contributed by atoms with Crippen LogP contribution in [0.2, 0.25) is 0 Å². The number of benzene rings is 1. The Kier molecular flexibility index (Phi) is 9.66. The minimum absolute atomic E-state index is 0.00991. The van der Waals surface area contributed by atoms with Crippen LogP contribution in [-0.4, -0.2) is 44.7 Å². The van der Waals surface area contributed by atoms with Crippen LogP contribution < -0.4 is 20.7 Å². The van der Waals surface area contributed by atoms with Crippen molar-refractivity contribution in [1.82, 2.24) is 16.0 Å². The summed E-state index contributed by atoms with van der Waals surface area (Å²) in [6.07, 6.45) is 6.88. The number of carbonyl (C=O) groups is 1. The maximum Gasteiger partial charge on any atom is 0.242 e. The van der Waals surface area contributed by atoms with Gasteiger partial charge in [0.15, 0.2) is 5.96 Å². The molecule has 6 nitrogen and oxygen atoms in total. The molecule has 1 atom stereocenters. The van der Waals surface area contributed by atoms with Gasteiger partial charge < -0.3 is 20.7 Å². The SMILES string of the molecule is CCNC(=NCC(=O)NC1CCCCC1)NCCC(C)c1ccc(OC)cc1. The van der Waals surface area contributed by atoms with Crippen LogP contribution in [0.3, 0.4) is 0 Å².